The number of rotatable bonds is 4. The van der Waals surface area contributed by atoms with Crippen LogP contribution in [0.2, 0.25) is 0 Å². The Balaban J connectivity index is 2.26. The lowest BCUT2D eigenvalue weighted by Crippen LogP contribution is -2.03. The minimum absolute atomic E-state index is 0.529. The van der Waals surface area contributed by atoms with E-state index in [1.807, 2.05) is 19.9 Å². The summed E-state index contributed by atoms with van der Waals surface area (Å²) < 4.78 is 6.55. The van der Waals surface area contributed by atoms with E-state index in [0.717, 1.165) is 22.4 Å². The zero-order chi connectivity index (χ0) is 13.0. The van der Waals surface area contributed by atoms with E-state index < -0.39 is 0 Å². The molecule has 2 heterocycles. The molecule has 0 spiro atoms. The van der Waals surface area contributed by atoms with E-state index in [1.54, 1.807) is 12.4 Å². The molecule has 1 N–H and O–H groups in total. The number of hydrogen-bond acceptors (Lipinski definition) is 5. The molecule has 0 bridgehead atoms. The van der Waals surface area contributed by atoms with Gasteiger partial charge in [0.2, 0.25) is 5.88 Å². The van der Waals surface area contributed by atoms with Gasteiger partial charge >= 0.3 is 0 Å². The van der Waals surface area contributed by atoms with Crippen molar-refractivity contribution in [2.24, 2.45) is 0 Å². The van der Waals surface area contributed by atoms with Gasteiger partial charge in [-0.25, -0.2) is 9.97 Å². The quantitative estimate of drug-likeness (QED) is 0.940. The third-order valence-corrected chi connectivity index (χ3v) is 2.71. The van der Waals surface area contributed by atoms with Crippen LogP contribution in [-0.2, 0) is 0 Å². The van der Waals surface area contributed by atoms with E-state index in [0.29, 0.717) is 11.6 Å². The molecule has 94 valence electrons. The van der Waals surface area contributed by atoms with Crippen molar-refractivity contribution in [3.63, 3.8) is 0 Å². The van der Waals surface area contributed by atoms with Crippen LogP contribution in [0, 0.1) is 6.92 Å². The van der Waals surface area contributed by atoms with Crippen LogP contribution in [0.25, 0.3) is 0 Å². The number of nitrogens with one attached hydrogen (secondary N) is 1. The van der Waals surface area contributed by atoms with Crippen LogP contribution in [0.4, 0.5) is 5.82 Å². The largest absolute Gasteiger partial charge is 0.437 e. The Morgan fingerprint density at radius 2 is 2.17 bits per heavy atom. The first-order chi connectivity index (χ1) is 8.70. The molecule has 0 atom stereocenters. The Bertz CT molecular complexity index is 547. The summed E-state index contributed by atoms with van der Waals surface area (Å²) in [4.78, 5) is 12.3. The van der Waals surface area contributed by atoms with Crippen LogP contribution in [-0.4, -0.2) is 21.5 Å². The van der Waals surface area contributed by atoms with E-state index in [2.05, 4.69) is 36.2 Å². The lowest BCUT2D eigenvalue weighted by Gasteiger charge is -2.10. The highest BCUT2D eigenvalue weighted by Gasteiger charge is 2.08. The first-order valence-corrected chi connectivity index (χ1v) is 6.34. The second-order valence-corrected chi connectivity index (χ2v) is 4.54. The van der Waals surface area contributed by atoms with Crippen molar-refractivity contribution < 1.29 is 4.74 Å². The highest BCUT2D eigenvalue weighted by Crippen LogP contribution is 2.26. The van der Waals surface area contributed by atoms with Crippen molar-refractivity contribution in [2.75, 3.05) is 11.9 Å². The van der Waals surface area contributed by atoms with Gasteiger partial charge < -0.3 is 10.1 Å². The third kappa shape index (κ3) is 2.95. The first-order valence-electron chi connectivity index (χ1n) is 5.54. The van der Waals surface area contributed by atoms with Gasteiger partial charge in [-0.1, -0.05) is 0 Å². The topological polar surface area (TPSA) is 59.9 Å². The average molecular weight is 309 g/mol. The summed E-state index contributed by atoms with van der Waals surface area (Å²) in [6, 6.07) is 1.83. The molecule has 0 saturated heterocycles. The van der Waals surface area contributed by atoms with Crippen molar-refractivity contribution in [3.05, 3.63) is 34.8 Å². The molecule has 0 fully saturated rings. The van der Waals surface area contributed by atoms with Gasteiger partial charge in [0.05, 0.1) is 11.8 Å². The van der Waals surface area contributed by atoms with Crippen LogP contribution in [0.3, 0.4) is 0 Å². The Labute approximate surface area is 114 Å². The van der Waals surface area contributed by atoms with Gasteiger partial charge in [-0.3, -0.25) is 4.98 Å². The highest BCUT2D eigenvalue weighted by molar-refractivity contribution is 9.10. The molecule has 0 amide bonds. The van der Waals surface area contributed by atoms with Gasteiger partial charge in [-0.15, -0.1) is 0 Å². The predicted octanol–water partition coefficient (Wildman–Crippen LogP) is 3.17. The second kappa shape index (κ2) is 5.77. The maximum absolute atomic E-state index is 5.69. The molecule has 0 aliphatic heterocycles. The third-order valence-electron chi connectivity index (χ3n) is 2.28. The fraction of sp³-hybridized carbons (Fsp3) is 0.250. The number of anilines is 1. The van der Waals surface area contributed by atoms with E-state index >= 15 is 0 Å². The van der Waals surface area contributed by atoms with Crippen molar-refractivity contribution in [1.29, 1.82) is 0 Å². The molecule has 0 unspecified atom stereocenters. The van der Waals surface area contributed by atoms with Crippen LogP contribution >= 0.6 is 15.9 Å². The molecule has 6 heteroatoms. The van der Waals surface area contributed by atoms with Gasteiger partial charge in [-0.05, 0) is 35.8 Å². The monoisotopic (exact) mass is 308 g/mol. The van der Waals surface area contributed by atoms with Crippen molar-refractivity contribution in [1.82, 2.24) is 15.0 Å². The summed E-state index contributed by atoms with van der Waals surface area (Å²) in [6.07, 6.45) is 4.81. The number of nitrogens with zero attached hydrogens (tertiary/aromatic N) is 3. The maximum atomic E-state index is 5.69. The molecule has 0 aliphatic rings. The molecule has 5 nitrogen and oxygen atoms in total. The van der Waals surface area contributed by atoms with E-state index in [-0.39, 0.29) is 0 Å². The van der Waals surface area contributed by atoms with Gasteiger partial charge in [0.15, 0.2) is 0 Å². The fourth-order valence-electron chi connectivity index (χ4n) is 1.44. The molecule has 0 aromatic carbocycles. The first kappa shape index (κ1) is 12.8. The van der Waals surface area contributed by atoms with Crippen molar-refractivity contribution in [2.45, 2.75) is 13.8 Å². The lowest BCUT2D eigenvalue weighted by atomic mass is 10.3. The minimum atomic E-state index is 0.529. The maximum Gasteiger partial charge on any atom is 0.227 e. The van der Waals surface area contributed by atoms with E-state index in [1.165, 1.54) is 6.33 Å². The zero-order valence-corrected chi connectivity index (χ0v) is 11.7. The Morgan fingerprint density at radius 3 is 2.89 bits per heavy atom. The molecule has 2 aromatic heterocycles. The average Bonchev–Trinajstić information content (AvgIpc) is 2.35. The summed E-state index contributed by atoms with van der Waals surface area (Å²) in [6.45, 7) is 4.73. The summed E-state index contributed by atoms with van der Waals surface area (Å²) in [5.41, 5.74) is 0.874. The zero-order valence-electron chi connectivity index (χ0n) is 10.1. The molecule has 18 heavy (non-hydrogen) atoms. The van der Waals surface area contributed by atoms with Crippen LogP contribution < -0.4 is 10.1 Å². The van der Waals surface area contributed by atoms with Gasteiger partial charge in [-0.2, -0.15) is 0 Å². The molecule has 0 aliphatic carbocycles. The molecular formula is C12H13BrN4O. The molecule has 0 radical (unpaired) electrons. The summed E-state index contributed by atoms with van der Waals surface area (Å²) >= 11 is 3.35. The summed E-state index contributed by atoms with van der Waals surface area (Å²) in [5, 5.41) is 3.16. The molecule has 0 saturated carbocycles. The van der Waals surface area contributed by atoms with Gasteiger partial charge in [0.1, 0.15) is 17.9 Å². The minimum Gasteiger partial charge on any atom is -0.437 e. The number of ether oxygens (including phenoxy) is 1. The Morgan fingerprint density at radius 1 is 1.33 bits per heavy atom. The molecule has 2 rings (SSSR count). The SMILES string of the molecule is CCNc1ncnc(Oc2cncc(Br)c2)c1C. The number of pyridine rings is 1. The second-order valence-electron chi connectivity index (χ2n) is 3.62. The summed E-state index contributed by atoms with van der Waals surface area (Å²) in [5.74, 6) is 1.94. The standard InChI is InChI=1S/C12H13BrN4O/c1-3-15-11-8(2)12(17-7-16-11)18-10-4-9(13)5-14-6-10/h4-7H,3H2,1-2H3,(H,15,16,17). The van der Waals surface area contributed by atoms with Crippen LogP contribution in [0.1, 0.15) is 12.5 Å². The van der Waals surface area contributed by atoms with Crippen molar-refractivity contribution in [3.8, 4) is 11.6 Å². The number of aromatic nitrogens is 3. The molecular weight excluding hydrogens is 296 g/mol. The number of halogens is 1. The van der Waals surface area contributed by atoms with Gasteiger partial charge in [0.25, 0.3) is 0 Å². The van der Waals surface area contributed by atoms with Crippen LogP contribution in [0.5, 0.6) is 11.6 Å². The summed E-state index contributed by atoms with van der Waals surface area (Å²) in [7, 11) is 0. The van der Waals surface area contributed by atoms with E-state index in [9.17, 15) is 0 Å². The lowest BCUT2D eigenvalue weighted by molar-refractivity contribution is 0.455. The normalized spacial score (nSPS) is 10.2. The Kier molecular flexibility index (Phi) is 4.09. The van der Waals surface area contributed by atoms with Gasteiger partial charge in [0, 0.05) is 17.2 Å². The fourth-order valence-corrected chi connectivity index (χ4v) is 1.79. The smallest absolute Gasteiger partial charge is 0.227 e. The van der Waals surface area contributed by atoms with Crippen molar-refractivity contribution >= 4 is 21.7 Å². The Hall–Kier alpha value is -1.69. The van der Waals surface area contributed by atoms with Crippen LogP contribution in [0.15, 0.2) is 29.3 Å². The van der Waals surface area contributed by atoms with E-state index in [4.69, 9.17) is 4.74 Å². The molecule has 2 aromatic rings. The highest BCUT2D eigenvalue weighted by atomic mass is 79.9. The number of hydrogen-bond donors (Lipinski definition) is 1. The predicted molar refractivity (Wildman–Crippen MR) is 72.9 cm³/mol.